The number of rotatable bonds is 9. The molecule has 1 aliphatic rings. The molecule has 1 saturated heterocycles. The first-order chi connectivity index (χ1) is 14.4. The molecule has 1 heterocycles. The summed E-state index contributed by atoms with van der Waals surface area (Å²) in [7, 11) is -3.50. The Kier molecular flexibility index (Phi) is 8.01. The van der Waals surface area contributed by atoms with Gasteiger partial charge in [0.2, 0.25) is 15.9 Å². The normalized spacial score (nSPS) is 15.3. The maximum atomic E-state index is 12.5. The number of nitrogens with one attached hydrogen (secondary N) is 1. The molecule has 0 atom stereocenters. The summed E-state index contributed by atoms with van der Waals surface area (Å²) in [5, 5.41) is 2.90. The van der Waals surface area contributed by atoms with Gasteiger partial charge in [0.1, 0.15) is 0 Å². The van der Waals surface area contributed by atoms with Gasteiger partial charge in [0.25, 0.3) is 0 Å². The van der Waals surface area contributed by atoms with Crippen molar-refractivity contribution in [2.45, 2.75) is 38.9 Å². The minimum Gasteiger partial charge on any atom is -0.351 e. The predicted octanol–water partition coefficient (Wildman–Crippen LogP) is 2.75. The van der Waals surface area contributed by atoms with E-state index >= 15 is 0 Å². The fourth-order valence-electron chi connectivity index (χ4n) is 3.73. The molecule has 30 heavy (non-hydrogen) atoms. The van der Waals surface area contributed by atoms with Crippen molar-refractivity contribution >= 4 is 15.9 Å². The van der Waals surface area contributed by atoms with Crippen molar-refractivity contribution in [2.24, 2.45) is 0 Å². The summed E-state index contributed by atoms with van der Waals surface area (Å²) in [6.45, 7) is 3.49. The Morgan fingerprint density at radius 1 is 0.967 bits per heavy atom. The third kappa shape index (κ3) is 6.93. The molecule has 0 radical (unpaired) electrons. The Morgan fingerprint density at radius 2 is 1.60 bits per heavy atom. The summed E-state index contributed by atoms with van der Waals surface area (Å²) in [6.07, 6.45) is 4.91. The summed E-state index contributed by atoms with van der Waals surface area (Å²) >= 11 is 0. The van der Waals surface area contributed by atoms with E-state index in [2.05, 4.69) is 16.3 Å². The number of piperidine rings is 1. The van der Waals surface area contributed by atoms with Gasteiger partial charge in [-0.1, -0.05) is 61.0 Å². The number of hydrogen-bond acceptors (Lipinski definition) is 4. The number of benzene rings is 2. The zero-order chi connectivity index (χ0) is 21.4. The highest BCUT2D eigenvalue weighted by atomic mass is 32.2. The first kappa shape index (κ1) is 22.5. The third-order valence-corrected chi connectivity index (χ3v) is 6.62. The Hall–Kier alpha value is -2.22. The monoisotopic (exact) mass is 429 g/mol. The van der Waals surface area contributed by atoms with Crippen molar-refractivity contribution < 1.29 is 13.2 Å². The van der Waals surface area contributed by atoms with Crippen LogP contribution in [0.15, 0.2) is 54.6 Å². The molecule has 6 nitrogen and oxygen atoms in total. The highest BCUT2D eigenvalue weighted by molar-refractivity contribution is 7.88. The molecule has 3 rings (SSSR count). The largest absolute Gasteiger partial charge is 0.351 e. The number of sulfonamides is 1. The van der Waals surface area contributed by atoms with Crippen LogP contribution in [-0.4, -0.2) is 49.4 Å². The first-order valence-corrected chi connectivity index (χ1v) is 12.3. The highest BCUT2D eigenvalue weighted by Crippen LogP contribution is 2.16. The number of nitrogens with zero attached hydrogens (tertiary/aromatic N) is 2. The zero-order valence-electron chi connectivity index (χ0n) is 17.6. The van der Waals surface area contributed by atoms with Crippen LogP contribution in [0.3, 0.4) is 0 Å². The molecule has 7 heteroatoms. The lowest BCUT2D eigenvalue weighted by Gasteiger charge is -2.27. The summed E-state index contributed by atoms with van der Waals surface area (Å²) in [6, 6.07) is 17.4. The maximum absolute atomic E-state index is 12.5. The molecule has 0 spiro atoms. The molecule has 2 aromatic carbocycles. The number of likely N-dealkylation sites (tertiary alicyclic amines) is 1. The van der Waals surface area contributed by atoms with Gasteiger partial charge in [-0.15, -0.1) is 0 Å². The van der Waals surface area contributed by atoms with Gasteiger partial charge in [-0.25, -0.2) is 8.42 Å². The lowest BCUT2D eigenvalue weighted by Crippen LogP contribution is -2.39. The average molecular weight is 430 g/mol. The van der Waals surface area contributed by atoms with Crippen molar-refractivity contribution in [1.29, 1.82) is 0 Å². The quantitative estimate of drug-likeness (QED) is 0.666. The highest BCUT2D eigenvalue weighted by Gasteiger charge is 2.20. The van der Waals surface area contributed by atoms with Crippen LogP contribution in [-0.2, 0) is 34.5 Å². The molecule has 0 bridgehead atoms. The van der Waals surface area contributed by atoms with Crippen LogP contribution in [0.25, 0.3) is 0 Å². The van der Waals surface area contributed by atoms with Crippen LogP contribution in [0.4, 0.5) is 0 Å². The fraction of sp³-hybridized carbons (Fsp3) is 0.435. The van der Waals surface area contributed by atoms with Crippen LogP contribution in [0.5, 0.6) is 0 Å². The van der Waals surface area contributed by atoms with Crippen molar-refractivity contribution in [2.75, 3.05) is 25.9 Å². The Morgan fingerprint density at radius 3 is 2.27 bits per heavy atom. The molecule has 0 unspecified atom stereocenters. The lowest BCUT2D eigenvalue weighted by molar-refractivity contribution is -0.121. The molecule has 1 amide bonds. The topological polar surface area (TPSA) is 69.7 Å². The van der Waals surface area contributed by atoms with Gasteiger partial charge in [0.05, 0.1) is 12.8 Å². The van der Waals surface area contributed by atoms with Gasteiger partial charge in [0.15, 0.2) is 0 Å². The van der Waals surface area contributed by atoms with Gasteiger partial charge in [-0.05, 0) is 42.6 Å². The second-order valence-corrected chi connectivity index (χ2v) is 9.88. The second-order valence-electron chi connectivity index (χ2n) is 7.90. The fourth-order valence-corrected chi connectivity index (χ4v) is 4.47. The van der Waals surface area contributed by atoms with E-state index in [-0.39, 0.29) is 19.0 Å². The molecular formula is C23H31N3O3S. The average Bonchev–Trinajstić information content (AvgIpc) is 2.73. The Bertz CT molecular complexity index is 926. The van der Waals surface area contributed by atoms with Gasteiger partial charge >= 0.3 is 0 Å². The Labute approximate surface area is 179 Å². The number of hydrogen-bond donors (Lipinski definition) is 1. The van der Waals surface area contributed by atoms with E-state index < -0.39 is 10.0 Å². The maximum Gasteiger partial charge on any atom is 0.235 e. The van der Waals surface area contributed by atoms with E-state index in [1.807, 2.05) is 48.5 Å². The second kappa shape index (κ2) is 10.7. The van der Waals surface area contributed by atoms with Crippen molar-refractivity contribution in [3.8, 4) is 0 Å². The zero-order valence-corrected chi connectivity index (χ0v) is 18.4. The lowest BCUT2D eigenvalue weighted by atomic mass is 10.0. The minimum atomic E-state index is -3.50. The standard InChI is InChI=1S/C23H31N3O3S/c1-30(28,29)26(17-20-10-4-2-5-11-20)19-23(27)24-16-21-12-6-7-13-22(21)18-25-14-8-3-9-15-25/h2,4-7,10-13H,3,8-9,14-19H2,1H3,(H,24,27). The smallest absolute Gasteiger partial charge is 0.235 e. The van der Waals surface area contributed by atoms with Gasteiger partial charge in [-0.2, -0.15) is 4.31 Å². The van der Waals surface area contributed by atoms with Gasteiger partial charge in [0, 0.05) is 19.6 Å². The molecule has 2 aromatic rings. The van der Waals surface area contributed by atoms with Crippen LogP contribution in [0.1, 0.15) is 36.0 Å². The first-order valence-electron chi connectivity index (χ1n) is 10.5. The molecule has 1 aliphatic heterocycles. The minimum absolute atomic E-state index is 0.179. The summed E-state index contributed by atoms with van der Waals surface area (Å²) < 4.78 is 25.5. The van der Waals surface area contributed by atoms with Gasteiger partial charge in [-0.3, -0.25) is 9.69 Å². The van der Waals surface area contributed by atoms with Crippen molar-refractivity contribution in [3.63, 3.8) is 0 Å². The van der Waals surface area contributed by atoms with E-state index in [4.69, 9.17) is 0 Å². The van der Waals surface area contributed by atoms with Crippen molar-refractivity contribution in [1.82, 2.24) is 14.5 Å². The SMILES string of the molecule is CS(=O)(=O)N(CC(=O)NCc1ccccc1CN1CCCCC1)Cc1ccccc1. The van der Waals surface area contributed by atoms with E-state index in [0.717, 1.165) is 37.0 Å². The molecule has 162 valence electrons. The van der Waals surface area contributed by atoms with Crippen LogP contribution < -0.4 is 5.32 Å². The molecule has 0 aliphatic carbocycles. The summed E-state index contributed by atoms with van der Waals surface area (Å²) in [5.41, 5.74) is 3.14. The van der Waals surface area contributed by atoms with Crippen molar-refractivity contribution in [3.05, 3.63) is 71.3 Å². The molecular weight excluding hydrogens is 398 g/mol. The molecule has 1 fully saturated rings. The number of carbonyl (C=O) groups is 1. The van der Waals surface area contributed by atoms with E-state index in [1.165, 1.54) is 29.1 Å². The molecule has 0 saturated carbocycles. The predicted molar refractivity (Wildman–Crippen MR) is 119 cm³/mol. The summed E-state index contributed by atoms with van der Waals surface area (Å²) in [5.74, 6) is -0.302. The number of amides is 1. The van der Waals surface area contributed by atoms with E-state index in [1.54, 1.807) is 0 Å². The van der Waals surface area contributed by atoms with E-state index in [0.29, 0.717) is 6.54 Å². The van der Waals surface area contributed by atoms with E-state index in [9.17, 15) is 13.2 Å². The molecule has 0 aromatic heterocycles. The molecule has 1 N–H and O–H groups in total. The van der Waals surface area contributed by atoms with Gasteiger partial charge < -0.3 is 5.32 Å². The van der Waals surface area contributed by atoms with Crippen LogP contribution in [0.2, 0.25) is 0 Å². The van der Waals surface area contributed by atoms with Crippen LogP contribution >= 0.6 is 0 Å². The van der Waals surface area contributed by atoms with Crippen LogP contribution in [0, 0.1) is 0 Å². The summed E-state index contributed by atoms with van der Waals surface area (Å²) in [4.78, 5) is 15.0. The third-order valence-electron chi connectivity index (χ3n) is 5.43. The Balaban J connectivity index is 1.59. The number of carbonyl (C=O) groups excluding carboxylic acids is 1.